The molecule has 0 fully saturated rings. The zero-order valence-corrected chi connectivity index (χ0v) is 12.5. The molecule has 0 radical (unpaired) electrons. The topological polar surface area (TPSA) is 43.3 Å². The summed E-state index contributed by atoms with van der Waals surface area (Å²) in [5, 5.41) is 0. The van der Waals surface area contributed by atoms with Gasteiger partial charge in [0.25, 0.3) is 0 Å². The first-order valence-electron chi connectivity index (χ1n) is 5.57. The zero-order chi connectivity index (χ0) is 12.9. The fourth-order valence-electron chi connectivity index (χ4n) is 1.93. The Balaban J connectivity index is 2.26. The number of thiophene rings is 1. The molecular weight excluding hydrogens is 310 g/mol. The lowest BCUT2D eigenvalue weighted by Crippen LogP contribution is -1.93. The van der Waals surface area contributed by atoms with Crippen LogP contribution in [-0.2, 0) is 0 Å². The largest absolute Gasteiger partial charge is 0.383 e. The van der Waals surface area contributed by atoms with E-state index in [1.165, 1.54) is 10.4 Å². The van der Waals surface area contributed by atoms with Crippen molar-refractivity contribution < 1.29 is 0 Å². The Labute approximate surface area is 117 Å². The van der Waals surface area contributed by atoms with Gasteiger partial charge in [0, 0.05) is 15.5 Å². The molecule has 3 aromatic rings. The van der Waals surface area contributed by atoms with Crippen LogP contribution in [0.25, 0.3) is 16.2 Å². The van der Waals surface area contributed by atoms with E-state index >= 15 is 0 Å². The molecule has 0 bridgehead atoms. The molecule has 0 aliphatic heterocycles. The monoisotopic (exact) mass is 321 g/mol. The van der Waals surface area contributed by atoms with E-state index in [0.717, 1.165) is 20.7 Å². The summed E-state index contributed by atoms with van der Waals surface area (Å²) >= 11 is 5.23. The molecule has 0 atom stereocenters. The van der Waals surface area contributed by atoms with Crippen LogP contribution >= 0.6 is 27.3 Å². The van der Waals surface area contributed by atoms with Crippen LogP contribution in [0.5, 0.6) is 0 Å². The van der Waals surface area contributed by atoms with Crippen molar-refractivity contribution in [1.29, 1.82) is 0 Å². The number of fused-ring (bicyclic) bond motifs is 1. The Morgan fingerprint density at radius 2 is 2.11 bits per heavy atom. The van der Waals surface area contributed by atoms with E-state index in [1.807, 2.05) is 29.7 Å². The number of nitrogens with zero attached hydrogens (tertiary/aromatic N) is 2. The van der Waals surface area contributed by atoms with Gasteiger partial charge in [0.05, 0.1) is 4.88 Å². The summed E-state index contributed by atoms with van der Waals surface area (Å²) in [4.78, 5) is 6.94. The number of imidazole rings is 1. The Morgan fingerprint density at radius 1 is 1.33 bits per heavy atom. The Bertz CT molecular complexity index is 723. The molecule has 18 heavy (non-hydrogen) atoms. The summed E-state index contributed by atoms with van der Waals surface area (Å²) in [7, 11) is 0. The maximum absolute atomic E-state index is 6.19. The molecule has 0 aliphatic carbocycles. The standard InChI is InChI=1S/C13H12BrN3S/c1-7-3-4-11-16-12(13(15)17(11)6-7)10-5-9(14)8(2)18-10/h3-6H,15H2,1-2H3. The molecular formula is C13H12BrN3S. The number of halogens is 1. The van der Waals surface area contributed by atoms with E-state index in [4.69, 9.17) is 5.73 Å². The number of aromatic nitrogens is 2. The van der Waals surface area contributed by atoms with E-state index in [-0.39, 0.29) is 0 Å². The second kappa shape index (κ2) is 4.10. The first kappa shape index (κ1) is 11.7. The van der Waals surface area contributed by atoms with Crippen LogP contribution in [0.3, 0.4) is 0 Å². The highest BCUT2D eigenvalue weighted by atomic mass is 79.9. The highest BCUT2D eigenvalue weighted by Crippen LogP contribution is 2.36. The number of aryl methyl sites for hydroxylation is 2. The normalized spacial score (nSPS) is 11.3. The third kappa shape index (κ3) is 1.74. The predicted molar refractivity (Wildman–Crippen MR) is 80.1 cm³/mol. The van der Waals surface area contributed by atoms with Crippen LogP contribution in [0, 0.1) is 13.8 Å². The minimum atomic E-state index is 0.697. The molecule has 0 aliphatic rings. The number of nitrogens with two attached hydrogens (primary N) is 1. The van der Waals surface area contributed by atoms with Crippen molar-refractivity contribution >= 4 is 38.7 Å². The van der Waals surface area contributed by atoms with Gasteiger partial charge in [-0.25, -0.2) is 4.98 Å². The molecule has 0 saturated heterocycles. The summed E-state index contributed by atoms with van der Waals surface area (Å²) in [6, 6.07) is 6.11. The first-order chi connectivity index (χ1) is 8.56. The van der Waals surface area contributed by atoms with Crippen LogP contribution in [0.1, 0.15) is 10.4 Å². The van der Waals surface area contributed by atoms with Crippen molar-refractivity contribution in [2.75, 3.05) is 5.73 Å². The van der Waals surface area contributed by atoms with Crippen LogP contribution in [0.2, 0.25) is 0 Å². The van der Waals surface area contributed by atoms with Crippen molar-refractivity contribution in [2.45, 2.75) is 13.8 Å². The Morgan fingerprint density at radius 3 is 2.78 bits per heavy atom. The lowest BCUT2D eigenvalue weighted by atomic mass is 10.3. The lowest BCUT2D eigenvalue weighted by molar-refractivity contribution is 1.16. The van der Waals surface area contributed by atoms with Crippen LogP contribution in [-0.4, -0.2) is 9.38 Å². The molecule has 0 spiro atoms. The van der Waals surface area contributed by atoms with Gasteiger partial charge in [0.1, 0.15) is 17.2 Å². The number of hydrogen-bond acceptors (Lipinski definition) is 3. The minimum Gasteiger partial charge on any atom is -0.383 e. The fraction of sp³-hybridized carbons (Fsp3) is 0.154. The van der Waals surface area contributed by atoms with Crippen LogP contribution < -0.4 is 5.73 Å². The average molecular weight is 322 g/mol. The van der Waals surface area contributed by atoms with Gasteiger partial charge in [0.2, 0.25) is 0 Å². The van der Waals surface area contributed by atoms with E-state index in [1.54, 1.807) is 11.3 Å². The van der Waals surface area contributed by atoms with Gasteiger partial charge in [-0.15, -0.1) is 11.3 Å². The van der Waals surface area contributed by atoms with E-state index in [2.05, 4.69) is 33.9 Å². The maximum Gasteiger partial charge on any atom is 0.139 e. The number of rotatable bonds is 1. The summed E-state index contributed by atoms with van der Waals surface area (Å²) in [6.45, 7) is 4.12. The lowest BCUT2D eigenvalue weighted by Gasteiger charge is -1.98. The highest BCUT2D eigenvalue weighted by molar-refractivity contribution is 9.10. The van der Waals surface area contributed by atoms with Crippen molar-refractivity contribution in [1.82, 2.24) is 9.38 Å². The van der Waals surface area contributed by atoms with Gasteiger partial charge in [-0.1, -0.05) is 6.07 Å². The molecule has 0 unspecified atom stereocenters. The van der Waals surface area contributed by atoms with Gasteiger partial charge in [-0.05, 0) is 47.5 Å². The molecule has 0 aromatic carbocycles. The van der Waals surface area contributed by atoms with Crippen molar-refractivity contribution in [3.63, 3.8) is 0 Å². The van der Waals surface area contributed by atoms with Gasteiger partial charge < -0.3 is 5.73 Å². The quantitative estimate of drug-likeness (QED) is 0.735. The number of pyridine rings is 1. The summed E-state index contributed by atoms with van der Waals surface area (Å²) < 4.78 is 3.04. The summed E-state index contributed by atoms with van der Waals surface area (Å²) in [6.07, 6.45) is 2.01. The van der Waals surface area contributed by atoms with Gasteiger partial charge in [-0.3, -0.25) is 4.40 Å². The first-order valence-corrected chi connectivity index (χ1v) is 7.17. The highest BCUT2D eigenvalue weighted by Gasteiger charge is 2.14. The molecule has 3 nitrogen and oxygen atoms in total. The number of anilines is 1. The second-order valence-electron chi connectivity index (χ2n) is 4.30. The Kier molecular flexibility index (Phi) is 2.68. The third-order valence-electron chi connectivity index (χ3n) is 2.89. The molecule has 3 heterocycles. The summed E-state index contributed by atoms with van der Waals surface area (Å²) in [5.74, 6) is 0.697. The number of hydrogen-bond donors (Lipinski definition) is 1. The third-order valence-corrected chi connectivity index (χ3v) is 5.04. The average Bonchev–Trinajstić information content (AvgIpc) is 2.82. The molecule has 5 heteroatoms. The van der Waals surface area contributed by atoms with Gasteiger partial charge in [-0.2, -0.15) is 0 Å². The molecule has 0 amide bonds. The zero-order valence-electron chi connectivity index (χ0n) is 10.1. The molecule has 3 rings (SSSR count). The van der Waals surface area contributed by atoms with Crippen molar-refractivity contribution in [2.24, 2.45) is 0 Å². The van der Waals surface area contributed by atoms with Crippen molar-refractivity contribution in [3.8, 4) is 10.6 Å². The second-order valence-corrected chi connectivity index (χ2v) is 6.41. The van der Waals surface area contributed by atoms with E-state index in [9.17, 15) is 0 Å². The van der Waals surface area contributed by atoms with Gasteiger partial charge >= 0.3 is 0 Å². The molecule has 2 N–H and O–H groups in total. The van der Waals surface area contributed by atoms with Crippen molar-refractivity contribution in [3.05, 3.63) is 39.3 Å². The van der Waals surface area contributed by atoms with Gasteiger partial charge in [0.15, 0.2) is 0 Å². The van der Waals surface area contributed by atoms with Crippen LogP contribution in [0.15, 0.2) is 28.9 Å². The maximum atomic E-state index is 6.19. The molecule has 3 aromatic heterocycles. The molecule has 0 saturated carbocycles. The molecule has 92 valence electrons. The summed E-state index contributed by atoms with van der Waals surface area (Å²) in [5.41, 5.74) is 9.10. The minimum absolute atomic E-state index is 0.697. The SMILES string of the molecule is Cc1ccc2nc(-c3cc(Br)c(C)s3)c(N)n2c1. The fourth-order valence-corrected chi connectivity index (χ4v) is 3.46. The van der Waals surface area contributed by atoms with E-state index in [0.29, 0.717) is 5.82 Å². The van der Waals surface area contributed by atoms with Crippen LogP contribution in [0.4, 0.5) is 5.82 Å². The predicted octanol–water partition coefficient (Wildman–Crippen LogP) is 4.02. The van der Waals surface area contributed by atoms with E-state index < -0.39 is 0 Å². The Hall–Kier alpha value is -1.33. The smallest absolute Gasteiger partial charge is 0.139 e. The number of nitrogen functional groups attached to an aromatic ring is 1.